The fourth-order valence-corrected chi connectivity index (χ4v) is 2.70. The number of aromatic nitrogens is 2. The maximum Gasteiger partial charge on any atom is 0.213 e. The van der Waals surface area contributed by atoms with E-state index in [1.165, 1.54) is 0 Å². The number of aryl methyl sites for hydroxylation is 1. The Hall–Kier alpha value is -1.42. The van der Waals surface area contributed by atoms with E-state index in [1.807, 2.05) is 26.1 Å². The van der Waals surface area contributed by atoms with E-state index < -0.39 is 0 Å². The second kappa shape index (κ2) is 10.4. The number of nitrogens with zero attached hydrogens (tertiary/aromatic N) is 4. The normalized spacial score (nSPS) is 10.9. The van der Waals surface area contributed by atoms with Gasteiger partial charge in [-0.05, 0) is 25.5 Å². The molecule has 0 saturated heterocycles. The standard InChI is InChI=1S/C16H23N5OS.HI/c1-5-17-16(21(3)10-14-11-23-12(2)20-14)19-9-13-6-7-18-15(8-13)22-4;/h6-8,11H,5,9-10H2,1-4H3,(H,17,19);1H. The van der Waals surface area contributed by atoms with Crippen LogP contribution in [0.15, 0.2) is 28.7 Å². The minimum atomic E-state index is 0. The number of halogens is 1. The second-order valence-corrected chi connectivity index (χ2v) is 6.15. The summed E-state index contributed by atoms with van der Waals surface area (Å²) in [7, 11) is 3.63. The molecular formula is C16H24IN5OS. The van der Waals surface area contributed by atoms with E-state index in [2.05, 4.69) is 37.5 Å². The molecule has 0 aliphatic rings. The highest BCUT2D eigenvalue weighted by Gasteiger charge is 2.08. The van der Waals surface area contributed by atoms with Crippen molar-refractivity contribution < 1.29 is 4.74 Å². The number of guanidine groups is 1. The lowest BCUT2D eigenvalue weighted by atomic mass is 10.3. The van der Waals surface area contributed by atoms with Gasteiger partial charge in [-0.15, -0.1) is 35.3 Å². The molecule has 8 heteroatoms. The van der Waals surface area contributed by atoms with Crippen molar-refractivity contribution in [2.75, 3.05) is 20.7 Å². The van der Waals surface area contributed by atoms with E-state index >= 15 is 0 Å². The summed E-state index contributed by atoms with van der Waals surface area (Å²) in [5.41, 5.74) is 2.12. The number of methoxy groups -OCH3 is 1. The Kier molecular flexibility index (Phi) is 8.98. The number of hydrogen-bond donors (Lipinski definition) is 1. The summed E-state index contributed by atoms with van der Waals surface area (Å²) in [5, 5.41) is 6.48. The van der Waals surface area contributed by atoms with Gasteiger partial charge in [0, 0.05) is 31.2 Å². The molecule has 2 rings (SSSR count). The van der Waals surface area contributed by atoms with Crippen molar-refractivity contribution in [1.82, 2.24) is 20.2 Å². The van der Waals surface area contributed by atoms with Gasteiger partial charge in [0.15, 0.2) is 5.96 Å². The molecule has 2 aromatic heterocycles. The molecule has 0 aromatic carbocycles. The Morgan fingerprint density at radius 3 is 2.88 bits per heavy atom. The number of hydrogen-bond acceptors (Lipinski definition) is 5. The summed E-state index contributed by atoms with van der Waals surface area (Å²) in [4.78, 5) is 15.4. The molecule has 0 saturated carbocycles. The van der Waals surface area contributed by atoms with Crippen molar-refractivity contribution in [2.45, 2.75) is 26.9 Å². The SMILES string of the molecule is CCNC(=NCc1ccnc(OC)c1)N(C)Cc1csc(C)n1.I. The molecular weight excluding hydrogens is 437 g/mol. The number of rotatable bonds is 6. The summed E-state index contributed by atoms with van der Waals surface area (Å²) in [5.74, 6) is 1.46. The first-order valence-electron chi connectivity index (χ1n) is 7.51. The molecule has 0 unspecified atom stereocenters. The maximum absolute atomic E-state index is 5.15. The molecule has 24 heavy (non-hydrogen) atoms. The highest BCUT2D eigenvalue weighted by atomic mass is 127. The number of thiazole rings is 1. The molecule has 0 fully saturated rings. The van der Waals surface area contributed by atoms with Crippen LogP contribution in [0.3, 0.4) is 0 Å². The van der Waals surface area contributed by atoms with Crippen LogP contribution in [0.25, 0.3) is 0 Å². The van der Waals surface area contributed by atoms with E-state index in [4.69, 9.17) is 4.74 Å². The summed E-state index contributed by atoms with van der Waals surface area (Å²) >= 11 is 1.67. The topological polar surface area (TPSA) is 62.6 Å². The third-order valence-electron chi connectivity index (χ3n) is 3.18. The van der Waals surface area contributed by atoms with Crippen LogP contribution in [0, 0.1) is 6.92 Å². The van der Waals surface area contributed by atoms with Crippen LogP contribution in [-0.2, 0) is 13.1 Å². The largest absolute Gasteiger partial charge is 0.481 e. The Bertz CT molecular complexity index is 661. The zero-order valence-corrected chi connectivity index (χ0v) is 17.6. The zero-order valence-electron chi connectivity index (χ0n) is 14.4. The van der Waals surface area contributed by atoms with Crippen LogP contribution in [0.2, 0.25) is 0 Å². The minimum Gasteiger partial charge on any atom is -0.481 e. The molecule has 0 aliphatic heterocycles. The van der Waals surface area contributed by atoms with Crippen molar-refractivity contribution >= 4 is 41.3 Å². The summed E-state index contributed by atoms with van der Waals surface area (Å²) in [6.07, 6.45) is 1.73. The Labute approximate surface area is 164 Å². The molecule has 6 nitrogen and oxygen atoms in total. The first-order valence-corrected chi connectivity index (χ1v) is 8.39. The zero-order chi connectivity index (χ0) is 16.7. The van der Waals surface area contributed by atoms with Crippen molar-refractivity contribution in [3.8, 4) is 5.88 Å². The molecule has 2 aromatic rings. The summed E-state index contributed by atoms with van der Waals surface area (Å²) < 4.78 is 5.15. The number of ether oxygens (including phenoxy) is 1. The highest BCUT2D eigenvalue weighted by molar-refractivity contribution is 14.0. The Morgan fingerprint density at radius 1 is 1.46 bits per heavy atom. The average molecular weight is 461 g/mol. The lowest BCUT2D eigenvalue weighted by Gasteiger charge is -2.21. The van der Waals surface area contributed by atoms with Gasteiger partial charge in [-0.3, -0.25) is 0 Å². The van der Waals surface area contributed by atoms with Gasteiger partial charge < -0.3 is 15.0 Å². The highest BCUT2D eigenvalue weighted by Crippen LogP contribution is 2.11. The van der Waals surface area contributed by atoms with E-state index in [0.29, 0.717) is 12.4 Å². The van der Waals surface area contributed by atoms with Crippen molar-refractivity contribution in [1.29, 1.82) is 0 Å². The van der Waals surface area contributed by atoms with Gasteiger partial charge in [0.05, 0.1) is 30.9 Å². The van der Waals surface area contributed by atoms with Gasteiger partial charge in [0.2, 0.25) is 5.88 Å². The summed E-state index contributed by atoms with van der Waals surface area (Å²) in [6.45, 7) is 6.20. The first kappa shape index (κ1) is 20.6. The molecule has 0 radical (unpaired) electrons. The molecule has 0 amide bonds. The lowest BCUT2D eigenvalue weighted by molar-refractivity contribution is 0.397. The van der Waals surface area contributed by atoms with Crippen molar-refractivity contribution in [3.63, 3.8) is 0 Å². The lowest BCUT2D eigenvalue weighted by Crippen LogP contribution is -2.38. The van der Waals surface area contributed by atoms with Crippen LogP contribution in [-0.4, -0.2) is 41.5 Å². The van der Waals surface area contributed by atoms with Crippen molar-refractivity contribution in [3.05, 3.63) is 40.0 Å². The van der Waals surface area contributed by atoms with Crippen LogP contribution < -0.4 is 10.1 Å². The van der Waals surface area contributed by atoms with Crippen LogP contribution >= 0.6 is 35.3 Å². The fourth-order valence-electron chi connectivity index (χ4n) is 2.10. The fraction of sp³-hybridized carbons (Fsp3) is 0.438. The van der Waals surface area contributed by atoms with Gasteiger partial charge in [-0.25, -0.2) is 15.0 Å². The van der Waals surface area contributed by atoms with Gasteiger partial charge >= 0.3 is 0 Å². The first-order chi connectivity index (χ1) is 11.1. The molecule has 132 valence electrons. The maximum atomic E-state index is 5.15. The predicted molar refractivity (Wildman–Crippen MR) is 109 cm³/mol. The molecule has 0 aliphatic carbocycles. The third kappa shape index (κ3) is 6.23. The average Bonchev–Trinajstić information content (AvgIpc) is 2.96. The smallest absolute Gasteiger partial charge is 0.213 e. The van der Waals surface area contributed by atoms with E-state index in [9.17, 15) is 0 Å². The monoisotopic (exact) mass is 461 g/mol. The minimum absolute atomic E-state index is 0. The van der Waals surface area contributed by atoms with Crippen LogP contribution in [0.5, 0.6) is 5.88 Å². The van der Waals surface area contributed by atoms with E-state index in [-0.39, 0.29) is 24.0 Å². The van der Waals surface area contributed by atoms with Gasteiger partial charge in [-0.1, -0.05) is 0 Å². The van der Waals surface area contributed by atoms with Gasteiger partial charge in [0.25, 0.3) is 0 Å². The van der Waals surface area contributed by atoms with Crippen LogP contribution in [0.1, 0.15) is 23.2 Å². The number of pyridine rings is 1. The van der Waals surface area contributed by atoms with Gasteiger partial charge in [0.1, 0.15) is 0 Å². The predicted octanol–water partition coefficient (Wildman–Crippen LogP) is 3.07. The molecule has 0 atom stereocenters. The molecule has 1 N–H and O–H groups in total. The van der Waals surface area contributed by atoms with E-state index in [0.717, 1.165) is 35.3 Å². The Morgan fingerprint density at radius 2 is 2.25 bits per heavy atom. The number of nitrogens with one attached hydrogen (secondary N) is 1. The van der Waals surface area contributed by atoms with E-state index in [1.54, 1.807) is 24.6 Å². The molecule has 2 heterocycles. The summed E-state index contributed by atoms with van der Waals surface area (Å²) in [6, 6.07) is 3.84. The quantitative estimate of drug-likeness (QED) is 0.407. The van der Waals surface area contributed by atoms with Crippen molar-refractivity contribution in [2.24, 2.45) is 4.99 Å². The Balaban J connectivity index is 0.00000288. The number of aliphatic imine (C=N–C) groups is 1. The molecule has 0 bridgehead atoms. The second-order valence-electron chi connectivity index (χ2n) is 5.09. The van der Waals surface area contributed by atoms with Crippen LogP contribution in [0.4, 0.5) is 0 Å². The molecule has 0 spiro atoms. The third-order valence-corrected chi connectivity index (χ3v) is 4.00. The van der Waals surface area contributed by atoms with Gasteiger partial charge in [-0.2, -0.15) is 0 Å².